The molecule has 2 aromatic rings. The summed E-state index contributed by atoms with van der Waals surface area (Å²) in [4.78, 5) is 11.5. The minimum absolute atomic E-state index is 0.376. The molecule has 0 atom stereocenters. The van der Waals surface area contributed by atoms with Crippen LogP contribution in [0.1, 0.15) is 27.2 Å². The molecule has 124 valence electrons. The van der Waals surface area contributed by atoms with Crippen molar-refractivity contribution in [1.29, 1.82) is 0 Å². The number of ether oxygens (including phenoxy) is 1. The maximum absolute atomic E-state index is 11.5. The molecule has 0 radical (unpaired) electrons. The van der Waals surface area contributed by atoms with E-state index in [-0.39, 0.29) is 6.09 Å². The normalized spacial score (nSPS) is 11.1. The molecule has 1 aromatic carbocycles. The molecule has 0 spiro atoms. The number of carbonyl (C=O) groups is 1. The molecule has 3 N–H and O–H groups in total. The van der Waals surface area contributed by atoms with Gasteiger partial charge in [0.2, 0.25) is 0 Å². The molecule has 1 amide bonds. The van der Waals surface area contributed by atoms with E-state index in [9.17, 15) is 4.79 Å². The van der Waals surface area contributed by atoms with Gasteiger partial charge in [-0.05, 0) is 45.4 Å². The van der Waals surface area contributed by atoms with E-state index < -0.39 is 5.60 Å². The van der Waals surface area contributed by atoms with Gasteiger partial charge >= 0.3 is 6.09 Å². The molecule has 0 aliphatic heterocycles. The molecule has 0 fully saturated rings. The van der Waals surface area contributed by atoms with Crippen LogP contribution < -0.4 is 10.6 Å². The van der Waals surface area contributed by atoms with Crippen LogP contribution in [0.25, 0.3) is 11.3 Å². The van der Waals surface area contributed by atoms with Gasteiger partial charge in [0.05, 0.1) is 5.69 Å². The van der Waals surface area contributed by atoms with Crippen LogP contribution in [-0.4, -0.2) is 35.0 Å². The molecule has 2 rings (SSSR count). The molecule has 1 heterocycles. The first-order chi connectivity index (χ1) is 10.9. The van der Waals surface area contributed by atoms with Crippen LogP contribution in [0.5, 0.6) is 0 Å². The summed E-state index contributed by atoms with van der Waals surface area (Å²) in [6.07, 6.45) is 2.17. The standard InChI is InChI=1S/C17H24N4O2/c1-17(2,3)23-16(22)19-10-5-9-18-14-7-4-6-13(12-14)15-8-11-20-21-15/h4,6-8,11-12,18H,5,9-10H2,1-3H3,(H,19,22)(H,20,21). The Morgan fingerprint density at radius 2 is 2.09 bits per heavy atom. The van der Waals surface area contributed by atoms with Gasteiger partial charge in [0.15, 0.2) is 0 Å². The number of aromatic amines is 1. The van der Waals surface area contributed by atoms with Gasteiger partial charge in [0.1, 0.15) is 5.60 Å². The number of nitrogens with one attached hydrogen (secondary N) is 3. The topological polar surface area (TPSA) is 79.0 Å². The lowest BCUT2D eigenvalue weighted by atomic mass is 10.1. The number of rotatable bonds is 6. The van der Waals surface area contributed by atoms with E-state index in [2.05, 4.69) is 26.9 Å². The Bertz CT molecular complexity index is 618. The molecule has 6 heteroatoms. The quantitative estimate of drug-likeness (QED) is 0.714. The lowest BCUT2D eigenvalue weighted by molar-refractivity contribution is 0.0528. The molecular formula is C17H24N4O2. The van der Waals surface area contributed by atoms with E-state index in [0.717, 1.165) is 29.9 Å². The zero-order valence-electron chi connectivity index (χ0n) is 13.8. The summed E-state index contributed by atoms with van der Waals surface area (Å²) < 4.78 is 5.18. The SMILES string of the molecule is CC(C)(C)OC(=O)NCCCNc1cccc(-c2ccn[nH]2)c1. The van der Waals surface area contributed by atoms with E-state index in [1.54, 1.807) is 6.20 Å². The van der Waals surface area contributed by atoms with Crippen molar-refractivity contribution in [3.8, 4) is 11.3 Å². The maximum Gasteiger partial charge on any atom is 0.407 e. The lowest BCUT2D eigenvalue weighted by Crippen LogP contribution is -2.33. The molecule has 0 saturated heterocycles. The van der Waals surface area contributed by atoms with Crippen LogP contribution in [0.4, 0.5) is 10.5 Å². The monoisotopic (exact) mass is 316 g/mol. The van der Waals surface area contributed by atoms with Crippen LogP contribution in [0.2, 0.25) is 0 Å². The van der Waals surface area contributed by atoms with Gasteiger partial charge in [-0.25, -0.2) is 4.79 Å². The number of hydrogen-bond donors (Lipinski definition) is 3. The smallest absolute Gasteiger partial charge is 0.407 e. The largest absolute Gasteiger partial charge is 0.444 e. The highest BCUT2D eigenvalue weighted by molar-refractivity contribution is 5.67. The van der Waals surface area contributed by atoms with Crippen LogP contribution in [0, 0.1) is 0 Å². The Labute approximate surface area is 136 Å². The van der Waals surface area contributed by atoms with Gasteiger partial charge in [-0.15, -0.1) is 0 Å². The number of alkyl carbamates (subject to hydrolysis) is 1. The lowest BCUT2D eigenvalue weighted by Gasteiger charge is -2.19. The summed E-state index contributed by atoms with van der Waals surface area (Å²) in [6.45, 7) is 6.88. The van der Waals surface area contributed by atoms with E-state index in [1.165, 1.54) is 0 Å². The number of aromatic nitrogens is 2. The molecular weight excluding hydrogens is 292 g/mol. The minimum atomic E-state index is -0.463. The van der Waals surface area contributed by atoms with E-state index >= 15 is 0 Å². The molecule has 0 aliphatic carbocycles. The highest BCUT2D eigenvalue weighted by Gasteiger charge is 2.15. The molecule has 0 aliphatic rings. The first-order valence-corrected chi connectivity index (χ1v) is 7.74. The molecule has 0 unspecified atom stereocenters. The van der Waals surface area contributed by atoms with Crippen LogP contribution in [-0.2, 0) is 4.74 Å². The minimum Gasteiger partial charge on any atom is -0.444 e. The number of nitrogens with zero attached hydrogens (tertiary/aromatic N) is 1. The van der Waals surface area contributed by atoms with Gasteiger partial charge in [-0.2, -0.15) is 5.10 Å². The fourth-order valence-electron chi connectivity index (χ4n) is 2.04. The molecule has 6 nitrogen and oxygen atoms in total. The van der Waals surface area contributed by atoms with Crippen molar-refractivity contribution < 1.29 is 9.53 Å². The van der Waals surface area contributed by atoms with Crippen LogP contribution >= 0.6 is 0 Å². The Morgan fingerprint density at radius 1 is 1.26 bits per heavy atom. The van der Waals surface area contributed by atoms with Crippen molar-refractivity contribution >= 4 is 11.8 Å². The Kier molecular flexibility index (Phi) is 5.62. The van der Waals surface area contributed by atoms with Crippen molar-refractivity contribution in [3.63, 3.8) is 0 Å². The van der Waals surface area contributed by atoms with Gasteiger partial charge in [0, 0.05) is 30.5 Å². The number of benzene rings is 1. The summed E-state index contributed by atoms with van der Waals surface area (Å²) >= 11 is 0. The first-order valence-electron chi connectivity index (χ1n) is 7.74. The second-order valence-electron chi connectivity index (χ2n) is 6.26. The van der Waals surface area contributed by atoms with E-state index in [1.807, 2.05) is 45.0 Å². The highest BCUT2D eigenvalue weighted by atomic mass is 16.6. The van der Waals surface area contributed by atoms with Crippen LogP contribution in [0.15, 0.2) is 36.5 Å². The molecule has 0 bridgehead atoms. The number of anilines is 1. The van der Waals surface area contributed by atoms with Gasteiger partial charge in [-0.3, -0.25) is 5.10 Å². The van der Waals surface area contributed by atoms with Crippen LogP contribution in [0.3, 0.4) is 0 Å². The van der Waals surface area contributed by atoms with Crippen molar-refractivity contribution in [1.82, 2.24) is 15.5 Å². The maximum atomic E-state index is 11.5. The predicted molar refractivity (Wildman–Crippen MR) is 91.4 cm³/mol. The molecule has 0 saturated carbocycles. The highest BCUT2D eigenvalue weighted by Crippen LogP contribution is 2.20. The number of H-pyrrole nitrogens is 1. The zero-order valence-corrected chi connectivity index (χ0v) is 13.8. The second-order valence-corrected chi connectivity index (χ2v) is 6.26. The Balaban J connectivity index is 1.71. The fourth-order valence-corrected chi connectivity index (χ4v) is 2.04. The third-order valence-electron chi connectivity index (χ3n) is 3.03. The first kappa shape index (κ1) is 16.9. The average molecular weight is 316 g/mol. The van der Waals surface area contributed by atoms with Gasteiger partial charge < -0.3 is 15.4 Å². The summed E-state index contributed by atoms with van der Waals surface area (Å²) in [5, 5.41) is 13.0. The van der Waals surface area contributed by atoms with Crippen molar-refractivity contribution in [3.05, 3.63) is 36.5 Å². The van der Waals surface area contributed by atoms with Crippen molar-refractivity contribution in [2.75, 3.05) is 18.4 Å². The van der Waals surface area contributed by atoms with Crippen molar-refractivity contribution in [2.45, 2.75) is 32.8 Å². The number of hydrogen-bond acceptors (Lipinski definition) is 4. The summed E-state index contributed by atoms with van der Waals surface area (Å²) in [6, 6.07) is 10.0. The van der Waals surface area contributed by atoms with Gasteiger partial charge in [-0.1, -0.05) is 12.1 Å². The number of carbonyl (C=O) groups excluding carboxylic acids is 1. The average Bonchev–Trinajstić information content (AvgIpc) is 2.99. The third-order valence-corrected chi connectivity index (χ3v) is 3.03. The molecule has 23 heavy (non-hydrogen) atoms. The number of amides is 1. The molecule has 1 aromatic heterocycles. The Hall–Kier alpha value is -2.50. The zero-order chi connectivity index (χ0) is 16.7. The summed E-state index contributed by atoms with van der Waals surface area (Å²) in [5.74, 6) is 0. The fraction of sp³-hybridized carbons (Fsp3) is 0.412. The van der Waals surface area contributed by atoms with E-state index in [0.29, 0.717) is 6.54 Å². The van der Waals surface area contributed by atoms with Gasteiger partial charge in [0.25, 0.3) is 0 Å². The summed E-state index contributed by atoms with van der Waals surface area (Å²) in [7, 11) is 0. The second kappa shape index (κ2) is 7.67. The van der Waals surface area contributed by atoms with Crippen molar-refractivity contribution in [2.24, 2.45) is 0 Å². The Morgan fingerprint density at radius 3 is 2.78 bits per heavy atom. The predicted octanol–water partition coefficient (Wildman–Crippen LogP) is 3.40. The van der Waals surface area contributed by atoms with E-state index in [4.69, 9.17) is 4.74 Å². The summed E-state index contributed by atoms with van der Waals surface area (Å²) in [5.41, 5.74) is 2.64. The third kappa shape index (κ3) is 6.02.